The smallest absolute Gasteiger partial charge is 0.0661 e. The highest BCUT2D eigenvalue weighted by molar-refractivity contribution is 5.12. The molecule has 0 aromatic heterocycles. The number of aliphatic hydroxyl groups is 1. The Labute approximate surface area is 141 Å². The van der Waals surface area contributed by atoms with E-state index in [4.69, 9.17) is 0 Å². The van der Waals surface area contributed by atoms with Crippen LogP contribution in [0.5, 0.6) is 0 Å². The van der Waals surface area contributed by atoms with E-state index in [1.165, 1.54) is 38.5 Å². The maximum Gasteiger partial charge on any atom is 0.0661 e. The van der Waals surface area contributed by atoms with Gasteiger partial charge in [-0.15, -0.1) is 0 Å². The van der Waals surface area contributed by atoms with Gasteiger partial charge in [-0.2, -0.15) is 5.26 Å². The minimum Gasteiger partial charge on any atom is -0.393 e. The quantitative estimate of drug-likeness (QED) is 0.699. The van der Waals surface area contributed by atoms with Crippen LogP contribution in [0.1, 0.15) is 72.1 Å². The molecule has 0 bridgehead atoms. The Morgan fingerprint density at radius 3 is 2.48 bits per heavy atom. The highest BCUT2D eigenvalue weighted by Crippen LogP contribution is 2.67. The van der Waals surface area contributed by atoms with E-state index < -0.39 is 0 Å². The zero-order valence-electron chi connectivity index (χ0n) is 15.1. The molecule has 0 saturated heterocycles. The highest BCUT2D eigenvalue weighted by atomic mass is 16.3. The summed E-state index contributed by atoms with van der Waals surface area (Å²) >= 11 is 0. The van der Waals surface area contributed by atoms with E-state index in [-0.39, 0.29) is 6.10 Å². The van der Waals surface area contributed by atoms with Gasteiger partial charge in [0.25, 0.3) is 0 Å². The Morgan fingerprint density at radius 2 is 1.74 bits per heavy atom. The van der Waals surface area contributed by atoms with Crippen molar-refractivity contribution < 1.29 is 5.11 Å². The minimum atomic E-state index is -0.0760. The van der Waals surface area contributed by atoms with Crippen LogP contribution >= 0.6 is 0 Å². The van der Waals surface area contributed by atoms with Gasteiger partial charge in [0.2, 0.25) is 0 Å². The van der Waals surface area contributed by atoms with Crippen molar-refractivity contribution in [3.8, 4) is 6.07 Å². The summed E-state index contributed by atoms with van der Waals surface area (Å²) < 4.78 is 0. The lowest BCUT2D eigenvalue weighted by molar-refractivity contribution is -0.138. The van der Waals surface area contributed by atoms with Crippen molar-refractivity contribution >= 4 is 0 Å². The predicted octanol–water partition coefficient (Wildman–Crippen LogP) is 4.78. The van der Waals surface area contributed by atoms with Crippen LogP contribution in [-0.4, -0.2) is 11.2 Å². The molecule has 2 heteroatoms. The average molecular weight is 316 g/mol. The van der Waals surface area contributed by atoms with Crippen molar-refractivity contribution in [2.24, 2.45) is 46.3 Å². The van der Waals surface area contributed by atoms with Crippen LogP contribution in [0.4, 0.5) is 0 Å². The molecule has 4 saturated carbocycles. The summed E-state index contributed by atoms with van der Waals surface area (Å²) in [6, 6.07) is 2.64. The van der Waals surface area contributed by atoms with Crippen molar-refractivity contribution in [2.75, 3.05) is 0 Å². The fraction of sp³-hybridized carbons (Fsp3) is 0.952. The molecule has 0 aromatic rings. The molecule has 0 radical (unpaired) electrons. The Morgan fingerprint density at radius 1 is 1.00 bits per heavy atom. The van der Waals surface area contributed by atoms with Gasteiger partial charge in [-0.3, -0.25) is 0 Å². The Bertz CT molecular complexity index is 524. The van der Waals surface area contributed by atoms with E-state index in [1.54, 1.807) is 0 Å². The maximum atomic E-state index is 10.3. The second kappa shape index (κ2) is 5.22. The summed E-state index contributed by atoms with van der Waals surface area (Å²) in [7, 11) is 0. The Kier molecular flexibility index (Phi) is 3.62. The second-order valence-corrected chi connectivity index (χ2v) is 9.94. The zero-order valence-corrected chi connectivity index (χ0v) is 15.1. The number of nitriles is 1. The van der Waals surface area contributed by atoms with E-state index in [0.717, 1.165) is 36.5 Å². The van der Waals surface area contributed by atoms with Crippen molar-refractivity contribution in [2.45, 2.75) is 78.2 Å². The summed E-state index contributed by atoms with van der Waals surface area (Å²) in [6.07, 6.45) is 9.84. The second-order valence-electron chi connectivity index (χ2n) is 9.94. The van der Waals surface area contributed by atoms with Gasteiger partial charge in [0.1, 0.15) is 0 Å². The standard InChI is InChI=1S/C21H33NO/c1-13-11-21(3)14(10-19(13)23)4-6-16-17-7-5-15(12-22)20(17,2)9-8-18(16)21/h13-19,23H,4-11H2,1-3H3/t13-,14-,15+,16-,17-,18-,19-,20+,21-/m0/s1. The van der Waals surface area contributed by atoms with Gasteiger partial charge in [0.15, 0.2) is 0 Å². The summed E-state index contributed by atoms with van der Waals surface area (Å²) in [5.41, 5.74) is 0.729. The van der Waals surface area contributed by atoms with E-state index in [9.17, 15) is 10.4 Å². The predicted molar refractivity (Wildman–Crippen MR) is 91.4 cm³/mol. The zero-order chi connectivity index (χ0) is 16.4. The molecule has 0 amide bonds. The SMILES string of the molecule is C[C@H]1C[C@@]2(C)[C@@H](CC[C@@H]3[C@@H]2CC[C@]2(C)[C@@H](C#N)CC[C@@H]32)C[C@@H]1O. The molecule has 9 atom stereocenters. The van der Waals surface area contributed by atoms with Crippen LogP contribution in [0.3, 0.4) is 0 Å². The average Bonchev–Trinajstić information content (AvgIpc) is 2.85. The molecule has 2 nitrogen and oxygen atoms in total. The van der Waals surface area contributed by atoms with Gasteiger partial charge in [-0.25, -0.2) is 0 Å². The first-order chi connectivity index (χ1) is 10.9. The molecule has 128 valence electrons. The van der Waals surface area contributed by atoms with Crippen LogP contribution in [0.15, 0.2) is 0 Å². The van der Waals surface area contributed by atoms with Crippen molar-refractivity contribution in [1.82, 2.24) is 0 Å². The molecule has 4 aliphatic carbocycles. The molecular formula is C21H33NO. The van der Waals surface area contributed by atoms with E-state index in [0.29, 0.717) is 22.7 Å². The van der Waals surface area contributed by atoms with Gasteiger partial charge >= 0.3 is 0 Å². The van der Waals surface area contributed by atoms with Gasteiger partial charge in [-0.05, 0) is 91.8 Å². The first-order valence-corrected chi connectivity index (χ1v) is 9.98. The Hall–Kier alpha value is -0.550. The summed E-state index contributed by atoms with van der Waals surface area (Å²) in [5, 5.41) is 19.9. The number of hydrogen-bond donors (Lipinski definition) is 1. The molecule has 0 spiro atoms. The largest absolute Gasteiger partial charge is 0.393 e. The fourth-order valence-corrected chi connectivity index (χ4v) is 7.81. The maximum absolute atomic E-state index is 10.3. The number of rotatable bonds is 0. The molecule has 0 unspecified atom stereocenters. The molecule has 0 heterocycles. The van der Waals surface area contributed by atoms with Crippen molar-refractivity contribution in [1.29, 1.82) is 5.26 Å². The van der Waals surface area contributed by atoms with Crippen LogP contribution in [-0.2, 0) is 0 Å². The van der Waals surface area contributed by atoms with Crippen LogP contribution in [0, 0.1) is 57.7 Å². The van der Waals surface area contributed by atoms with Crippen LogP contribution in [0.25, 0.3) is 0 Å². The molecule has 1 N–H and O–H groups in total. The topological polar surface area (TPSA) is 44.0 Å². The number of fused-ring (bicyclic) bond motifs is 5. The lowest BCUT2D eigenvalue weighted by atomic mass is 9.44. The van der Waals surface area contributed by atoms with Crippen molar-refractivity contribution in [3.05, 3.63) is 0 Å². The van der Waals surface area contributed by atoms with Crippen molar-refractivity contribution in [3.63, 3.8) is 0 Å². The molecular weight excluding hydrogens is 282 g/mol. The van der Waals surface area contributed by atoms with E-state index >= 15 is 0 Å². The van der Waals surface area contributed by atoms with Gasteiger partial charge in [-0.1, -0.05) is 20.8 Å². The third kappa shape index (κ3) is 2.08. The number of aliphatic hydroxyl groups excluding tert-OH is 1. The third-order valence-corrected chi connectivity index (χ3v) is 9.17. The van der Waals surface area contributed by atoms with E-state index in [2.05, 4.69) is 26.8 Å². The number of hydrogen-bond acceptors (Lipinski definition) is 2. The van der Waals surface area contributed by atoms with Gasteiger partial charge < -0.3 is 5.11 Å². The van der Waals surface area contributed by atoms with E-state index in [1.807, 2.05) is 0 Å². The molecule has 4 fully saturated rings. The van der Waals surface area contributed by atoms with Crippen LogP contribution in [0.2, 0.25) is 0 Å². The minimum absolute atomic E-state index is 0.0760. The first kappa shape index (κ1) is 15.9. The Balaban J connectivity index is 1.63. The molecule has 4 aliphatic rings. The highest BCUT2D eigenvalue weighted by Gasteiger charge is 2.60. The normalized spacial score (nSPS) is 58.7. The molecule has 0 aromatic carbocycles. The fourth-order valence-electron chi connectivity index (χ4n) is 7.81. The third-order valence-electron chi connectivity index (χ3n) is 9.17. The van der Waals surface area contributed by atoms with Crippen LogP contribution < -0.4 is 0 Å². The monoisotopic (exact) mass is 315 g/mol. The molecule has 0 aliphatic heterocycles. The molecule has 4 rings (SSSR count). The van der Waals surface area contributed by atoms with Gasteiger partial charge in [0, 0.05) is 0 Å². The summed E-state index contributed by atoms with van der Waals surface area (Å²) in [5.74, 6) is 3.95. The lowest BCUT2D eigenvalue weighted by Crippen LogP contribution is -2.55. The first-order valence-electron chi connectivity index (χ1n) is 9.98. The summed E-state index contributed by atoms with van der Waals surface area (Å²) in [6.45, 7) is 7.23. The lowest BCUT2D eigenvalue weighted by Gasteiger charge is -2.61. The molecule has 23 heavy (non-hydrogen) atoms. The van der Waals surface area contributed by atoms with Gasteiger partial charge in [0.05, 0.1) is 18.1 Å². The number of nitrogens with zero attached hydrogens (tertiary/aromatic N) is 1. The summed E-state index contributed by atoms with van der Waals surface area (Å²) in [4.78, 5) is 0.